The van der Waals surface area contributed by atoms with Gasteiger partial charge < -0.3 is 15.1 Å². The molecule has 0 spiro atoms. The molecule has 42 heavy (non-hydrogen) atoms. The minimum atomic E-state index is -3.21. The summed E-state index contributed by atoms with van der Waals surface area (Å²) in [7, 11) is -3.21. The Bertz CT molecular complexity index is 2000. The van der Waals surface area contributed by atoms with Crippen molar-refractivity contribution in [2.24, 2.45) is 0 Å². The predicted molar refractivity (Wildman–Crippen MR) is 162 cm³/mol. The molecule has 3 heterocycles. The quantitative estimate of drug-likeness (QED) is 0.206. The fourth-order valence-electron chi connectivity index (χ4n) is 5.03. The highest BCUT2D eigenvalue weighted by molar-refractivity contribution is 7.90. The highest BCUT2D eigenvalue weighted by atomic mass is 32.2. The van der Waals surface area contributed by atoms with Gasteiger partial charge in [0.25, 0.3) is 0 Å². The van der Waals surface area contributed by atoms with Crippen LogP contribution in [-0.4, -0.2) is 46.7 Å². The molecule has 2 N–H and O–H groups in total. The lowest BCUT2D eigenvalue weighted by atomic mass is 10.1. The average molecular weight is 585 g/mol. The molecule has 3 aromatic heterocycles. The number of hydrogen-bond acceptors (Lipinski definition) is 8. The van der Waals surface area contributed by atoms with Crippen LogP contribution in [0.15, 0.2) is 89.7 Å². The van der Waals surface area contributed by atoms with Gasteiger partial charge in [-0.2, -0.15) is 5.10 Å². The van der Waals surface area contributed by atoms with Crippen molar-refractivity contribution in [1.82, 2.24) is 25.1 Å². The van der Waals surface area contributed by atoms with Gasteiger partial charge in [0.05, 0.1) is 35.6 Å². The normalized spacial score (nSPS) is 12.6. The third-order valence-corrected chi connectivity index (χ3v) is 7.87. The van der Waals surface area contributed by atoms with Gasteiger partial charge in [0.2, 0.25) is 0 Å². The van der Waals surface area contributed by atoms with E-state index in [1.807, 2.05) is 66.2 Å². The maximum atomic E-state index is 13.6. The average Bonchev–Trinajstić information content (AvgIpc) is 3.60. The Hall–Kier alpha value is -4.61. The van der Waals surface area contributed by atoms with Crippen molar-refractivity contribution in [3.63, 3.8) is 0 Å². The molecule has 1 atom stereocenters. The van der Waals surface area contributed by atoms with Crippen LogP contribution in [0.1, 0.15) is 24.3 Å². The molecule has 0 saturated carbocycles. The van der Waals surface area contributed by atoms with E-state index in [0.29, 0.717) is 30.4 Å². The summed E-state index contributed by atoms with van der Waals surface area (Å²) in [5.74, 6) is 1.48. The minimum Gasteiger partial charge on any atom is -0.459 e. The first kappa shape index (κ1) is 27.6. The molecule has 3 aromatic carbocycles. The lowest BCUT2D eigenvalue weighted by molar-refractivity contribution is 0.443. The van der Waals surface area contributed by atoms with Crippen molar-refractivity contribution in [2.45, 2.75) is 19.5 Å². The third kappa shape index (κ3) is 6.02. The van der Waals surface area contributed by atoms with E-state index in [1.54, 1.807) is 12.3 Å². The van der Waals surface area contributed by atoms with Gasteiger partial charge in [0.15, 0.2) is 0 Å². The van der Waals surface area contributed by atoms with Crippen LogP contribution in [0, 0.1) is 5.82 Å². The molecule has 0 bridgehead atoms. The Morgan fingerprint density at radius 3 is 2.71 bits per heavy atom. The number of anilines is 2. The van der Waals surface area contributed by atoms with E-state index in [-0.39, 0.29) is 11.6 Å². The fraction of sp³-hybridized carbons (Fsp3) is 0.194. The number of aromatic nitrogens is 4. The predicted octanol–water partition coefficient (Wildman–Crippen LogP) is 5.87. The van der Waals surface area contributed by atoms with Gasteiger partial charge in [-0.15, -0.1) is 0 Å². The molecule has 0 saturated heterocycles. The number of rotatable bonds is 10. The number of benzene rings is 3. The van der Waals surface area contributed by atoms with Gasteiger partial charge in [-0.05, 0) is 72.8 Å². The van der Waals surface area contributed by atoms with E-state index >= 15 is 0 Å². The Morgan fingerprint density at radius 1 is 1.02 bits per heavy atom. The number of halogens is 1. The number of furan rings is 1. The summed E-state index contributed by atoms with van der Waals surface area (Å²) in [6.45, 7) is 3.00. The molecule has 0 aliphatic heterocycles. The van der Waals surface area contributed by atoms with Gasteiger partial charge in [0.1, 0.15) is 39.3 Å². The Labute approximate surface area is 242 Å². The molecule has 11 heteroatoms. The molecule has 0 fully saturated rings. The van der Waals surface area contributed by atoms with E-state index in [0.717, 1.165) is 38.6 Å². The highest BCUT2D eigenvalue weighted by Crippen LogP contribution is 2.32. The second-order valence-corrected chi connectivity index (χ2v) is 12.4. The molecule has 1 unspecified atom stereocenters. The topological polar surface area (TPSA) is 115 Å². The maximum absolute atomic E-state index is 13.6. The van der Waals surface area contributed by atoms with Crippen LogP contribution in [-0.2, 0) is 16.4 Å². The third-order valence-electron chi connectivity index (χ3n) is 6.94. The lowest BCUT2D eigenvalue weighted by Gasteiger charge is -2.14. The molecule has 0 radical (unpaired) electrons. The zero-order valence-corrected chi connectivity index (χ0v) is 23.9. The van der Waals surface area contributed by atoms with E-state index in [2.05, 4.69) is 25.7 Å². The largest absolute Gasteiger partial charge is 0.459 e. The number of sulfone groups is 1. The zero-order valence-electron chi connectivity index (χ0n) is 23.1. The lowest BCUT2D eigenvalue weighted by Crippen LogP contribution is -2.27. The van der Waals surface area contributed by atoms with Gasteiger partial charge in [-0.25, -0.2) is 22.8 Å². The van der Waals surface area contributed by atoms with Crippen LogP contribution in [0.3, 0.4) is 0 Å². The van der Waals surface area contributed by atoms with Crippen molar-refractivity contribution in [3.05, 3.63) is 102 Å². The molecule has 0 aliphatic carbocycles. The van der Waals surface area contributed by atoms with Gasteiger partial charge in [0, 0.05) is 28.3 Å². The van der Waals surface area contributed by atoms with Crippen LogP contribution in [0.4, 0.5) is 15.9 Å². The van der Waals surface area contributed by atoms with Gasteiger partial charge in [-0.3, -0.25) is 4.68 Å². The molecular formula is C31H29FN6O3S. The molecule has 0 aliphatic rings. The van der Waals surface area contributed by atoms with Crippen molar-refractivity contribution in [1.29, 1.82) is 0 Å². The number of hydrogen-bond donors (Lipinski definition) is 2. The molecule has 6 aromatic rings. The number of fused-ring (bicyclic) bond motifs is 2. The second-order valence-electron chi connectivity index (χ2n) is 10.2. The maximum Gasteiger partial charge on any atom is 0.149 e. The van der Waals surface area contributed by atoms with Crippen molar-refractivity contribution in [3.8, 4) is 11.3 Å². The van der Waals surface area contributed by atoms with Crippen LogP contribution < -0.4 is 10.6 Å². The molecule has 214 valence electrons. The van der Waals surface area contributed by atoms with Crippen molar-refractivity contribution < 1.29 is 17.2 Å². The summed E-state index contributed by atoms with van der Waals surface area (Å²) < 4.78 is 45.5. The first-order chi connectivity index (χ1) is 20.3. The van der Waals surface area contributed by atoms with Crippen molar-refractivity contribution in [2.75, 3.05) is 23.9 Å². The minimum absolute atomic E-state index is 0.0541. The number of nitrogens with zero attached hydrogens (tertiary/aromatic N) is 4. The first-order valence-corrected chi connectivity index (χ1v) is 15.5. The summed E-state index contributed by atoms with van der Waals surface area (Å²) in [6, 6.07) is 21.4. The van der Waals surface area contributed by atoms with E-state index in [9.17, 15) is 12.8 Å². The summed E-state index contributed by atoms with van der Waals surface area (Å²) >= 11 is 0. The standard InChI is InChI=1S/C31H29FN6O3S/c1-3-33-27(18-42(2,39)40)30-12-11-29(41-30)21-7-9-26-25(15-21)31(35-19-34-26)37-24-8-10-28-22(14-24)16-36-38(28)17-20-5-4-6-23(32)13-20/h4-16,19,27,33H,3,17-18H2,1-2H3,(H,34,35,37). The molecule has 6 rings (SSSR count). The monoisotopic (exact) mass is 584 g/mol. The van der Waals surface area contributed by atoms with Gasteiger partial charge >= 0.3 is 0 Å². The molecule has 0 amide bonds. The van der Waals surface area contributed by atoms with Crippen LogP contribution in [0.2, 0.25) is 0 Å². The van der Waals surface area contributed by atoms with Crippen LogP contribution in [0.25, 0.3) is 33.1 Å². The summed E-state index contributed by atoms with van der Waals surface area (Å²) in [4.78, 5) is 8.92. The Balaban J connectivity index is 1.27. The highest BCUT2D eigenvalue weighted by Gasteiger charge is 2.20. The summed E-state index contributed by atoms with van der Waals surface area (Å²) in [6.07, 6.45) is 4.52. The number of nitrogens with one attached hydrogen (secondary N) is 2. The van der Waals surface area contributed by atoms with Crippen molar-refractivity contribution >= 4 is 43.1 Å². The second kappa shape index (κ2) is 11.3. The van der Waals surface area contributed by atoms with Crippen LogP contribution in [0.5, 0.6) is 0 Å². The summed E-state index contributed by atoms with van der Waals surface area (Å²) in [5.41, 5.74) is 4.17. The van der Waals surface area contributed by atoms with E-state index in [4.69, 9.17) is 4.42 Å². The summed E-state index contributed by atoms with van der Waals surface area (Å²) in [5, 5.41) is 12.8. The zero-order chi connectivity index (χ0) is 29.3. The SMILES string of the molecule is CCNC(CS(C)(=O)=O)c1ccc(-c2ccc3ncnc(Nc4ccc5c(cnn5Cc5cccc(F)c5)c4)c3c2)o1. The van der Waals surface area contributed by atoms with E-state index < -0.39 is 15.9 Å². The molecule has 9 nitrogen and oxygen atoms in total. The van der Waals surface area contributed by atoms with Crippen LogP contribution >= 0.6 is 0 Å². The van der Waals surface area contributed by atoms with Gasteiger partial charge in [-0.1, -0.05) is 19.1 Å². The Morgan fingerprint density at radius 2 is 1.90 bits per heavy atom. The fourth-order valence-corrected chi connectivity index (χ4v) is 5.92. The Kier molecular flexibility index (Phi) is 7.44. The van der Waals surface area contributed by atoms with E-state index in [1.165, 1.54) is 24.7 Å². The first-order valence-electron chi connectivity index (χ1n) is 13.5. The smallest absolute Gasteiger partial charge is 0.149 e. The molecular weight excluding hydrogens is 555 g/mol.